The normalized spacial score (nSPS) is 11.9. The van der Waals surface area contributed by atoms with E-state index >= 15 is 0 Å². The number of aromatic nitrogens is 1. The maximum atomic E-state index is 12.8. The van der Waals surface area contributed by atoms with Gasteiger partial charge in [0.2, 0.25) is 0 Å². The topological polar surface area (TPSA) is 48.1 Å². The predicted octanol–water partition coefficient (Wildman–Crippen LogP) is 5.54. The number of para-hydroxylation sites is 1. The molecule has 4 rings (SSSR count). The van der Waals surface area contributed by atoms with Crippen LogP contribution < -0.4 is 10.9 Å². The molecule has 0 saturated heterocycles. The van der Waals surface area contributed by atoms with Gasteiger partial charge in [0.05, 0.1) is 24.6 Å². The highest BCUT2D eigenvalue weighted by molar-refractivity contribution is 7.80. The molecule has 31 heavy (non-hydrogen) atoms. The van der Waals surface area contributed by atoms with Gasteiger partial charge in [-0.15, -0.1) is 11.3 Å². The number of thiophene rings is 1. The molecule has 4 aromatic rings. The fourth-order valence-corrected chi connectivity index (χ4v) is 4.67. The molecule has 0 aliphatic carbocycles. The zero-order valence-electron chi connectivity index (χ0n) is 17.6. The molecule has 0 fully saturated rings. The number of hydrogen-bond acceptors (Lipinski definition) is 3. The second-order valence-electron chi connectivity index (χ2n) is 7.68. The van der Waals surface area contributed by atoms with Crippen LogP contribution in [0.4, 0.5) is 0 Å². The number of aryl methyl sites for hydroxylation is 1. The summed E-state index contributed by atoms with van der Waals surface area (Å²) < 4.78 is 0. The summed E-state index contributed by atoms with van der Waals surface area (Å²) in [6.45, 7) is 5.18. The molecule has 4 nitrogen and oxygen atoms in total. The number of nitrogens with one attached hydrogen (secondary N) is 2. The highest BCUT2D eigenvalue weighted by Gasteiger charge is 2.17. The second kappa shape index (κ2) is 9.45. The van der Waals surface area contributed by atoms with E-state index in [1.165, 1.54) is 10.4 Å². The third-order valence-electron chi connectivity index (χ3n) is 5.38. The zero-order valence-corrected chi connectivity index (χ0v) is 19.2. The molecule has 2 heterocycles. The molecular formula is C25H25N3OS2. The maximum absolute atomic E-state index is 12.8. The van der Waals surface area contributed by atoms with Crippen molar-refractivity contribution in [2.24, 2.45) is 0 Å². The number of aromatic amines is 1. The smallest absolute Gasteiger partial charge is 0.253 e. The molecule has 2 aromatic carbocycles. The summed E-state index contributed by atoms with van der Waals surface area (Å²) in [6.07, 6.45) is 0. The van der Waals surface area contributed by atoms with Crippen LogP contribution in [-0.4, -0.2) is 15.0 Å². The van der Waals surface area contributed by atoms with Crippen molar-refractivity contribution < 1.29 is 0 Å². The van der Waals surface area contributed by atoms with E-state index in [1.807, 2.05) is 55.5 Å². The average molecular weight is 448 g/mol. The first kappa shape index (κ1) is 21.3. The third-order valence-corrected chi connectivity index (χ3v) is 6.62. The van der Waals surface area contributed by atoms with Crippen molar-refractivity contribution in [1.29, 1.82) is 0 Å². The van der Waals surface area contributed by atoms with Gasteiger partial charge in [-0.05, 0) is 60.1 Å². The molecule has 0 amide bonds. The van der Waals surface area contributed by atoms with E-state index in [0.29, 0.717) is 23.8 Å². The van der Waals surface area contributed by atoms with Gasteiger partial charge in [0, 0.05) is 10.4 Å². The van der Waals surface area contributed by atoms with Gasteiger partial charge in [-0.25, -0.2) is 0 Å². The summed E-state index contributed by atoms with van der Waals surface area (Å²) in [4.78, 5) is 19.2. The summed E-state index contributed by atoms with van der Waals surface area (Å²) in [5, 5.41) is 7.16. The van der Waals surface area contributed by atoms with Crippen LogP contribution in [-0.2, 0) is 13.1 Å². The molecular weight excluding hydrogens is 422 g/mol. The Balaban J connectivity index is 1.61. The molecule has 158 valence electrons. The van der Waals surface area contributed by atoms with Gasteiger partial charge in [-0.2, -0.15) is 0 Å². The van der Waals surface area contributed by atoms with E-state index in [-0.39, 0.29) is 11.6 Å². The Morgan fingerprint density at radius 1 is 1.10 bits per heavy atom. The van der Waals surface area contributed by atoms with E-state index in [2.05, 4.69) is 45.7 Å². The van der Waals surface area contributed by atoms with Crippen LogP contribution in [0.15, 0.2) is 76.9 Å². The monoisotopic (exact) mass is 447 g/mol. The second-order valence-corrected chi connectivity index (χ2v) is 9.10. The minimum absolute atomic E-state index is 0.0667. The van der Waals surface area contributed by atoms with Crippen molar-refractivity contribution in [3.8, 4) is 0 Å². The van der Waals surface area contributed by atoms with Crippen molar-refractivity contribution >= 4 is 39.6 Å². The lowest BCUT2D eigenvalue weighted by molar-refractivity contribution is 0.395. The standard InChI is InChI=1S/C25H25N3OS2/c1-17-8-6-11-20-14-21(24(29)27-23(17)20)15-28(16-22-12-7-13-31-22)25(30)26-18(2)19-9-4-3-5-10-19/h3-14,18H,15-16H2,1-2H3,(H,26,30)(H,27,29)/t18-/m0/s1. The maximum Gasteiger partial charge on any atom is 0.253 e. The Labute approximate surface area is 191 Å². The molecule has 2 N–H and O–H groups in total. The number of nitrogens with zero attached hydrogens (tertiary/aromatic N) is 1. The third kappa shape index (κ3) is 5.03. The molecule has 1 atom stereocenters. The molecule has 0 aliphatic heterocycles. The Morgan fingerprint density at radius 3 is 2.65 bits per heavy atom. The zero-order chi connectivity index (χ0) is 21.8. The van der Waals surface area contributed by atoms with Crippen LogP contribution in [0.2, 0.25) is 0 Å². The Bertz CT molecular complexity index is 1230. The molecule has 0 aliphatic rings. The van der Waals surface area contributed by atoms with E-state index < -0.39 is 0 Å². The molecule has 2 aromatic heterocycles. The number of rotatable bonds is 6. The van der Waals surface area contributed by atoms with E-state index in [9.17, 15) is 4.79 Å². The van der Waals surface area contributed by atoms with Gasteiger partial charge in [0.15, 0.2) is 5.11 Å². The lowest BCUT2D eigenvalue weighted by Gasteiger charge is -2.28. The number of thiocarbonyl (C=S) groups is 1. The summed E-state index contributed by atoms with van der Waals surface area (Å²) >= 11 is 7.48. The highest BCUT2D eigenvalue weighted by Crippen LogP contribution is 2.19. The Hall–Kier alpha value is -2.96. The quantitative estimate of drug-likeness (QED) is 0.381. The van der Waals surface area contributed by atoms with Crippen LogP contribution in [0.3, 0.4) is 0 Å². The van der Waals surface area contributed by atoms with Crippen molar-refractivity contribution in [3.05, 3.63) is 104 Å². The summed E-state index contributed by atoms with van der Waals surface area (Å²) in [7, 11) is 0. The van der Waals surface area contributed by atoms with Gasteiger partial charge >= 0.3 is 0 Å². The van der Waals surface area contributed by atoms with Crippen LogP contribution in [0.5, 0.6) is 0 Å². The van der Waals surface area contributed by atoms with Crippen LogP contribution >= 0.6 is 23.6 Å². The SMILES string of the molecule is Cc1cccc2cc(CN(Cc3cccs3)C(=S)N[C@@H](C)c3ccccc3)c(=O)[nH]c12. The molecule has 6 heteroatoms. The first-order chi connectivity index (χ1) is 15.0. The van der Waals surface area contributed by atoms with Gasteiger partial charge in [0.25, 0.3) is 5.56 Å². The molecule has 0 radical (unpaired) electrons. The fourth-order valence-electron chi connectivity index (χ4n) is 3.64. The number of hydrogen-bond donors (Lipinski definition) is 2. The van der Waals surface area contributed by atoms with E-state index in [0.717, 1.165) is 16.5 Å². The average Bonchev–Trinajstić information content (AvgIpc) is 3.28. The van der Waals surface area contributed by atoms with Crippen molar-refractivity contribution in [1.82, 2.24) is 15.2 Å². The number of fused-ring (bicyclic) bond motifs is 1. The van der Waals surface area contributed by atoms with Crippen molar-refractivity contribution in [2.45, 2.75) is 33.0 Å². The van der Waals surface area contributed by atoms with Crippen LogP contribution in [0.1, 0.15) is 34.5 Å². The van der Waals surface area contributed by atoms with Gasteiger partial charge in [-0.3, -0.25) is 4.79 Å². The van der Waals surface area contributed by atoms with Gasteiger partial charge < -0.3 is 15.2 Å². The van der Waals surface area contributed by atoms with E-state index in [1.54, 1.807) is 11.3 Å². The minimum Gasteiger partial charge on any atom is -0.356 e. The minimum atomic E-state index is -0.0723. The van der Waals surface area contributed by atoms with Crippen molar-refractivity contribution in [3.63, 3.8) is 0 Å². The number of benzene rings is 2. The van der Waals surface area contributed by atoms with Gasteiger partial charge in [0.1, 0.15) is 0 Å². The largest absolute Gasteiger partial charge is 0.356 e. The molecule has 0 bridgehead atoms. The Morgan fingerprint density at radius 2 is 1.90 bits per heavy atom. The number of H-pyrrole nitrogens is 1. The summed E-state index contributed by atoms with van der Waals surface area (Å²) in [5.41, 5.74) is 3.74. The first-order valence-corrected chi connectivity index (χ1v) is 11.5. The highest BCUT2D eigenvalue weighted by atomic mass is 32.1. The van der Waals surface area contributed by atoms with Crippen molar-refractivity contribution in [2.75, 3.05) is 0 Å². The molecule has 0 saturated carbocycles. The summed E-state index contributed by atoms with van der Waals surface area (Å²) in [5.74, 6) is 0. The lowest BCUT2D eigenvalue weighted by atomic mass is 10.1. The van der Waals surface area contributed by atoms with Crippen LogP contribution in [0.25, 0.3) is 10.9 Å². The fraction of sp³-hybridized carbons (Fsp3) is 0.200. The predicted molar refractivity (Wildman–Crippen MR) is 133 cm³/mol. The van der Waals surface area contributed by atoms with Gasteiger partial charge in [-0.1, -0.05) is 54.6 Å². The molecule has 0 spiro atoms. The molecule has 0 unspecified atom stereocenters. The van der Waals surface area contributed by atoms with Crippen LogP contribution in [0, 0.1) is 6.92 Å². The Kier molecular flexibility index (Phi) is 6.49. The first-order valence-electron chi connectivity index (χ1n) is 10.3. The number of pyridine rings is 1. The lowest BCUT2D eigenvalue weighted by Crippen LogP contribution is -2.40. The van der Waals surface area contributed by atoms with E-state index in [4.69, 9.17) is 12.2 Å². The summed E-state index contributed by atoms with van der Waals surface area (Å²) in [6, 6.07) is 22.4.